The number of carboxylic acids is 2. The van der Waals surface area contributed by atoms with Crippen molar-refractivity contribution in [1.29, 1.82) is 0 Å². The van der Waals surface area contributed by atoms with Crippen LogP contribution in [0.5, 0.6) is 0 Å². The minimum atomic E-state index is -1.17. The van der Waals surface area contributed by atoms with E-state index in [9.17, 15) is 9.59 Å². The van der Waals surface area contributed by atoms with Gasteiger partial charge in [-0.3, -0.25) is 9.59 Å². The van der Waals surface area contributed by atoms with Crippen molar-refractivity contribution in [2.24, 2.45) is 5.73 Å². The van der Waals surface area contributed by atoms with Gasteiger partial charge in [-0.15, -0.1) is 0 Å². The summed E-state index contributed by atoms with van der Waals surface area (Å²) in [6.07, 6.45) is -0.224. The van der Waals surface area contributed by atoms with Gasteiger partial charge in [0.2, 0.25) is 0 Å². The SMILES string of the molecule is N[C@@H](CCC(=O)O)C(=O)O.O.[CaH2].[KH]. The van der Waals surface area contributed by atoms with Crippen LogP contribution in [0, 0.1) is 0 Å². The predicted molar refractivity (Wildman–Crippen MR) is 51.8 cm³/mol. The molecule has 1 atom stereocenters. The van der Waals surface area contributed by atoms with E-state index in [0.29, 0.717) is 0 Å². The Labute approximate surface area is 148 Å². The molecule has 0 saturated carbocycles. The molecule has 0 aliphatic carbocycles. The average Bonchev–Trinajstić information content (AvgIpc) is 1.82. The molecular weight excluding hydrogens is 233 g/mol. The molecule has 0 radical (unpaired) electrons. The summed E-state index contributed by atoms with van der Waals surface area (Å²) in [6, 6.07) is -1.06. The number of rotatable bonds is 4. The molecule has 0 aromatic heterocycles. The summed E-state index contributed by atoms with van der Waals surface area (Å²) in [4.78, 5) is 19.9. The van der Waals surface area contributed by atoms with Crippen molar-refractivity contribution in [2.75, 3.05) is 0 Å². The molecule has 6 N–H and O–H groups in total. The molecule has 0 rings (SSSR count). The van der Waals surface area contributed by atoms with E-state index in [-0.39, 0.29) is 107 Å². The zero-order valence-corrected chi connectivity index (χ0v) is 5.78. The normalized spacial score (nSPS) is 9.62. The summed E-state index contributed by atoms with van der Waals surface area (Å²) < 4.78 is 0. The monoisotopic (exact) mass is 247 g/mol. The summed E-state index contributed by atoms with van der Waals surface area (Å²) in [5, 5.41) is 16.3. The molecule has 0 bridgehead atoms. The first-order valence-corrected chi connectivity index (χ1v) is 2.74. The van der Waals surface area contributed by atoms with Crippen LogP contribution >= 0.6 is 0 Å². The summed E-state index contributed by atoms with van der Waals surface area (Å²) in [6.45, 7) is 0. The van der Waals surface area contributed by atoms with E-state index in [1.807, 2.05) is 0 Å². The fourth-order valence-electron chi connectivity index (χ4n) is 0.402. The number of hydrogen-bond donors (Lipinski definition) is 3. The van der Waals surface area contributed by atoms with Crippen LogP contribution in [0.15, 0.2) is 0 Å². The third kappa shape index (κ3) is 16.4. The van der Waals surface area contributed by atoms with E-state index in [2.05, 4.69) is 0 Å². The van der Waals surface area contributed by atoms with E-state index in [4.69, 9.17) is 15.9 Å². The molecule has 0 amide bonds. The summed E-state index contributed by atoms with van der Waals surface area (Å²) in [5.74, 6) is -2.20. The molecule has 0 unspecified atom stereocenters. The molecule has 0 aliphatic heterocycles. The van der Waals surface area contributed by atoms with Gasteiger partial charge >= 0.3 is 101 Å². The quantitative estimate of drug-likeness (QED) is 0.452. The van der Waals surface area contributed by atoms with Gasteiger partial charge in [-0.2, -0.15) is 0 Å². The van der Waals surface area contributed by atoms with Crippen molar-refractivity contribution in [2.45, 2.75) is 18.9 Å². The Hall–Kier alpha value is 1.76. The molecule has 8 heteroatoms. The topological polar surface area (TPSA) is 132 Å². The van der Waals surface area contributed by atoms with Crippen LogP contribution in [0.4, 0.5) is 0 Å². The van der Waals surface area contributed by atoms with Gasteiger partial charge in [-0.05, 0) is 6.42 Å². The average molecular weight is 247 g/mol. The van der Waals surface area contributed by atoms with Crippen molar-refractivity contribution in [3.63, 3.8) is 0 Å². The molecular formula is C5H14CaKNO5. The first-order valence-electron chi connectivity index (χ1n) is 2.74. The maximum atomic E-state index is 9.99. The Bertz CT molecular complexity index is 156. The number of carbonyl (C=O) groups is 2. The van der Waals surface area contributed by atoms with Crippen LogP contribution in [-0.4, -0.2) is 123 Å². The first-order chi connectivity index (χ1) is 4.54. The molecule has 0 aromatic carbocycles. The number of nitrogens with two attached hydrogens (primary N) is 1. The zero-order chi connectivity index (χ0) is 8.15. The van der Waals surface area contributed by atoms with Gasteiger partial charge in [0.15, 0.2) is 0 Å². The van der Waals surface area contributed by atoms with E-state index >= 15 is 0 Å². The summed E-state index contributed by atoms with van der Waals surface area (Å²) in [7, 11) is 0. The molecule has 0 saturated heterocycles. The Balaban J connectivity index is -0.000000135. The second-order valence-electron chi connectivity index (χ2n) is 1.88. The van der Waals surface area contributed by atoms with Gasteiger partial charge in [-0.25, -0.2) is 0 Å². The Kier molecular flexibility index (Phi) is 25.5. The van der Waals surface area contributed by atoms with Crippen molar-refractivity contribution in [3.05, 3.63) is 0 Å². The van der Waals surface area contributed by atoms with E-state index < -0.39 is 18.0 Å². The van der Waals surface area contributed by atoms with Crippen molar-refractivity contribution >= 4 is 101 Å². The molecule has 6 nitrogen and oxygen atoms in total. The van der Waals surface area contributed by atoms with Crippen LogP contribution in [0.2, 0.25) is 0 Å². The first kappa shape index (κ1) is 24.1. The fraction of sp³-hybridized carbons (Fsp3) is 0.600. The minimum absolute atomic E-state index is 0. The van der Waals surface area contributed by atoms with E-state index in [0.717, 1.165) is 0 Å². The molecule has 0 aromatic rings. The van der Waals surface area contributed by atoms with Crippen molar-refractivity contribution in [3.8, 4) is 0 Å². The predicted octanol–water partition coefficient (Wildman–Crippen LogP) is -3.13. The Morgan fingerprint density at radius 2 is 1.69 bits per heavy atom. The van der Waals surface area contributed by atoms with Crippen LogP contribution in [0.3, 0.4) is 0 Å². The fourth-order valence-corrected chi connectivity index (χ4v) is 0.402. The third-order valence-electron chi connectivity index (χ3n) is 0.986. The maximum absolute atomic E-state index is 9.99. The molecule has 0 heterocycles. The van der Waals surface area contributed by atoms with Crippen LogP contribution in [0.1, 0.15) is 12.8 Å². The molecule has 72 valence electrons. The third-order valence-corrected chi connectivity index (χ3v) is 0.986. The zero-order valence-electron chi connectivity index (χ0n) is 5.78. The molecule has 0 fully saturated rings. The van der Waals surface area contributed by atoms with Crippen LogP contribution in [0.25, 0.3) is 0 Å². The van der Waals surface area contributed by atoms with Crippen LogP contribution < -0.4 is 5.73 Å². The van der Waals surface area contributed by atoms with Gasteiger partial charge in [0, 0.05) is 6.42 Å². The van der Waals surface area contributed by atoms with Gasteiger partial charge in [0.05, 0.1) is 0 Å². The van der Waals surface area contributed by atoms with Crippen LogP contribution in [-0.2, 0) is 9.59 Å². The molecule has 13 heavy (non-hydrogen) atoms. The van der Waals surface area contributed by atoms with Gasteiger partial charge in [-0.1, -0.05) is 0 Å². The van der Waals surface area contributed by atoms with Gasteiger partial charge < -0.3 is 21.4 Å². The van der Waals surface area contributed by atoms with Crippen molar-refractivity contribution < 1.29 is 25.3 Å². The standard InChI is InChI=1S/C5H9NO4.Ca.K.H2O.3H/c6-3(5(9)10)1-2-4(7)8;;;;;;/h3H,1-2,6H2,(H,7,8)(H,9,10);;;1H2;;;/t3-;;;;;;/m0....../s1. The Morgan fingerprint density at radius 1 is 1.31 bits per heavy atom. The van der Waals surface area contributed by atoms with Gasteiger partial charge in [0.25, 0.3) is 0 Å². The second kappa shape index (κ2) is 13.8. The number of hydrogen-bond acceptors (Lipinski definition) is 3. The van der Waals surface area contributed by atoms with Gasteiger partial charge in [0.1, 0.15) is 6.04 Å². The summed E-state index contributed by atoms with van der Waals surface area (Å²) in [5.41, 5.74) is 5.00. The van der Waals surface area contributed by atoms with Crippen molar-refractivity contribution in [1.82, 2.24) is 0 Å². The number of aliphatic carboxylic acids is 2. The number of carboxylic acid groups (broad SMARTS) is 2. The van der Waals surface area contributed by atoms with E-state index in [1.165, 1.54) is 0 Å². The van der Waals surface area contributed by atoms with E-state index in [1.54, 1.807) is 0 Å². The second-order valence-corrected chi connectivity index (χ2v) is 1.88. The molecule has 0 spiro atoms. The Morgan fingerprint density at radius 3 is 1.92 bits per heavy atom. The summed E-state index contributed by atoms with van der Waals surface area (Å²) >= 11 is 0. The molecule has 0 aliphatic rings.